The number of benzene rings is 2. The van der Waals surface area contributed by atoms with Gasteiger partial charge in [-0.1, -0.05) is 36.4 Å². The van der Waals surface area contributed by atoms with Gasteiger partial charge in [-0.3, -0.25) is 4.90 Å². The molecule has 0 aromatic heterocycles. The highest BCUT2D eigenvalue weighted by Crippen LogP contribution is 2.22. The molecule has 0 saturated carbocycles. The molecule has 0 amide bonds. The molecule has 1 unspecified atom stereocenters. The van der Waals surface area contributed by atoms with Crippen molar-refractivity contribution in [2.24, 2.45) is 0 Å². The van der Waals surface area contributed by atoms with Gasteiger partial charge in [-0.2, -0.15) is 0 Å². The lowest BCUT2D eigenvalue weighted by atomic mass is 10.1. The van der Waals surface area contributed by atoms with Crippen molar-refractivity contribution in [1.29, 1.82) is 0 Å². The number of nitrogens with zero attached hydrogens (tertiary/aromatic N) is 1. The lowest BCUT2D eigenvalue weighted by Gasteiger charge is -2.33. The molecular formula is C20H25FN2O3S. The minimum absolute atomic E-state index is 0.0404. The number of rotatable bonds is 8. The SMILES string of the molecule is O=S(=O)(NCCCCN1CCOC(c2ccccc2)C1)c1cccc(F)c1. The van der Waals surface area contributed by atoms with Crippen LogP contribution in [0.4, 0.5) is 4.39 Å². The summed E-state index contributed by atoms with van der Waals surface area (Å²) in [6.45, 7) is 3.67. The molecule has 1 aliphatic rings. The molecule has 1 aliphatic heterocycles. The fourth-order valence-corrected chi connectivity index (χ4v) is 4.26. The van der Waals surface area contributed by atoms with Crippen molar-refractivity contribution in [1.82, 2.24) is 9.62 Å². The van der Waals surface area contributed by atoms with Gasteiger partial charge in [0.2, 0.25) is 10.0 Å². The summed E-state index contributed by atoms with van der Waals surface area (Å²) in [4.78, 5) is 2.31. The van der Waals surface area contributed by atoms with Crippen LogP contribution in [0.1, 0.15) is 24.5 Å². The number of unbranched alkanes of at least 4 members (excludes halogenated alkanes) is 1. The van der Waals surface area contributed by atoms with Crippen molar-refractivity contribution >= 4 is 10.0 Å². The van der Waals surface area contributed by atoms with E-state index in [0.717, 1.165) is 38.5 Å². The molecule has 0 radical (unpaired) electrons. The summed E-state index contributed by atoms with van der Waals surface area (Å²) < 4.78 is 45.9. The fourth-order valence-electron chi connectivity index (χ4n) is 3.16. The van der Waals surface area contributed by atoms with Crippen LogP contribution >= 0.6 is 0 Å². The topological polar surface area (TPSA) is 58.6 Å². The summed E-state index contributed by atoms with van der Waals surface area (Å²) in [5, 5.41) is 0. The molecule has 1 heterocycles. The molecule has 1 N–H and O–H groups in total. The van der Waals surface area contributed by atoms with Crippen molar-refractivity contribution in [3.05, 3.63) is 66.0 Å². The summed E-state index contributed by atoms with van der Waals surface area (Å²) in [5.41, 5.74) is 1.19. The van der Waals surface area contributed by atoms with Crippen LogP contribution in [-0.2, 0) is 14.8 Å². The third-order valence-electron chi connectivity index (χ3n) is 4.62. The molecular weight excluding hydrogens is 367 g/mol. The van der Waals surface area contributed by atoms with Gasteiger partial charge in [0.15, 0.2) is 0 Å². The highest BCUT2D eigenvalue weighted by molar-refractivity contribution is 7.89. The predicted molar refractivity (Wildman–Crippen MR) is 102 cm³/mol. The second kappa shape index (κ2) is 9.41. The average Bonchev–Trinajstić information content (AvgIpc) is 2.68. The van der Waals surface area contributed by atoms with E-state index in [2.05, 4.69) is 21.8 Å². The molecule has 5 nitrogen and oxygen atoms in total. The Morgan fingerprint density at radius 2 is 1.93 bits per heavy atom. The zero-order valence-corrected chi connectivity index (χ0v) is 16.0. The van der Waals surface area contributed by atoms with Gasteiger partial charge in [0.1, 0.15) is 5.82 Å². The Bertz CT molecular complexity index is 830. The molecule has 3 rings (SSSR count). The van der Waals surface area contributed by atoms with Gasteiger partial charge in [0.25, 0.3) is 0 Å². The van der Waals surface area contributed by atoms with Gasteiger partial charge < -0.3 is 4.74 Å². The quantitative estimate of drug-likeness (QED) is 0.702. The van der Waals surface area contributed by atoms with E-state index in [1.165, 1.54) is 23.8 Å². The maximum atomic E-state index is 13.2. The number of hydrogen-bond donors (Lipinski definition) is 1. The molecule has 0 spiro atoms. The van der Waals surface area contributed by atoms with E-state index in [0.29, 0.717) is 13.2 Å². The summed E-state index contributed by atoms with van der Waals surface area (Å²) in [6.07, 6.45) is 1.70. The molecule has 1 saturated heterocycles. The third-order valence-corrected chi connectivity index (χ3v) is 6.08. The summed E-state index contributed by atoms with van der Waals surface area (Å²) >= 11 is 0. The molecule has 0 aliphatic carbocycles. The van der Waals surface area contributed by atoms with Crippen LogP contribution in [-0.4, -0.2) is 46.1 Å². The number of ether oxygens (including phenoxy) is 1. The van der Waals surface area contributed by atoms with Crippen molar-refractivity contribution in [3.8, 4) is 0 Å². The average molecular weight is 392 g/mol. The molecule has 2 aromatic carbocycles. The van der Waals surface area contributed by atoms with Gasteiger partial charge in [0.05, 0.1) is 17.6 Å². The van der Waals surface area contributed by atoms with Crippen LogP contribution in [0.2, 0.25) is 0 Å². The van der Waals surface area contributed by atoms with Gasteiger partial charge in [0, 0.05) is 19.6 Å². The van der Waals surface area contributed by atoms with E-state index < -0.39 is 15.8 Å². The number of nitrogens with one attached hydrogen (secondary N) is 1. The maximum Gasteiger partial charge on any atom is 0.240 e. The van der Waals surface area contributed by atoms with E-state index in [-0.39, 0.29) is 11.0 Å². The standard InChI is InChI=1S/C20H25FN2O3S/c21-18-9-6-10-19(15-18)27(24,25)22-11-4-5-12-23-13-14-26-20(16-23)17-7-2-1-3-8-17/h1-3,6-10,15,20,22H,4-5,11-14,16H2. The normalized spacial score (nSPS) is 18.5. The summed E-state index contributed by atoms with van der Waals surface area (Å²) in [5.74, 6) is -0.557. The van der Waals surface area contributed by atoms with Gasteiger partial charge >= 0.3 is 0 Å². The van der Waals surface area contributed by atoms with Crippen molar-refractivity contribution in [2.45, 2.75) is 23.8 Å². The van der Waals surface area contributed by atoms with E-state index in [1.54, 1.807) is 0 Å². The van der Waals surface area contributed by atoms with Crippen molar-refractivity contribution < 1.29 is 17.5 Å². The Balaban J connectivity index is 1.40. The highest BCUT2D eigenvalue weighted by Gasteiger charge is 2.21. The minimum atomic E-state index is -3.66. The van der Waals surface area contributed by atoms with Crippen LogP contribution < -0.4 is 4.72 Å². The number of sulfonamides is 1. The Morgan fingerprint density at radius 3 is 2.70 bits per heavy atom. The molecule has 0 bridgehead atoms. The zero-order valence-electron chi connectivity index (χ0n) is 15.2. The molecule has 7 heteroatoms. The van der Waals surface area contributed by atoms with Crippen LogP contribution in [0.3, 0.4) is 0 Å². The van der Waals surface area contributed by atoms with Crippen LogP contribution in [0, 0.1) is 5.82 Å². The number of morpholine rings is 1. The van der Waals surface area contributed by atoms with Gasteiger partial charge in [-0.05, 0) is 43.1 Å². The van der Waals surface area contributed by atoms with Crippen molar-refractivity contribution in [3.63, 3.8) is 0 Å². The monoisotopic (exact) mass is 392 g/mol. The summed E-state index contributed by atoms with van der Waals surface area (Å²) in [6, 6.07) is 15.2. The van der Waals surface area contributed by atoms with Gasteiger partial charge in [-0.15, -0.1) is 0 Å². The first-order chi connectivity index (χ1) is 13.0. The molecule has 1 fully saturated rings. The van der Waals surface area contributed by atoms with Crippen LogP contribution in [0.15, 0.2) is 59.5 Å². The Labute approximate surface area is 160 Å². The number of hydrogen-bond acceptors (Lipinski definition) is 4. The van der Waals surface area contributed by atoms with E-state index in [1.807, 2.05) is 18.2 Å². The van der Waals surface area contributed by atoms with E-state index in [9.17, 15) is 12.8 Å². The van der Waals surface area contributed by atoms with Crippen LogP contribution in [0.25, 0.3) is 0 Å². The lowest BCUT2D eigenvalue weighted by molar-refractivity contribution is -0.0303. The molecule has 27 heavy (non-hydrogen) atoms. The minimum Gasteiger partial charge on any atom is -0.371 e. The molecule has 1 atom stereocenters. The first kappa shape index (κ1) is 19.9. The first-order valence-corrected chi connectivity index (χ1v) is 10.7. The number of halogens is 1. The van der Waals surface area contributed by atoms with Crippen LogP contribution in [0.5, 0.6) is 0 Å². The highest BCUT2D eigenvalue weighted by atomic mass is 32.2. The van der Waals surface area contributed by atoms with Gasteiger partial charge in [-0.25, -0.2) is 17.5 Å². The Hall–Kier alpha value is -1.80. The smallest absolute Gasteiger partial charge is 0.240 e. The Morgan fingerprint density at radius 1 is 1.11 bits per heavy atom. The lowest BCUT2D eigenvalue weighted by Crippen LogP contribution is -2.39. The molecule has 2 aromatic rings. The second-order valence-corrected chi connectivity index (χ2v) is 8.40. The summed E-state index contributed by atoms with van der Waals surface area (Å²) in [7, 11) is -3.66. The zero-order chi connectivity index (χ0) is 19.1. The fraction of sp³-hybridized carbons (Fsp3) is 0.400. The second-order valence-electron chi connectivity index (χ2n) is 6.63. The predicted octanol–water partition coefficient (Wildman–Crippen LogP) is 2.96. The third kappa shape index (κ3) is 5.84. The maximum absolute atomic E-state index is 13.2. The van der Waals surface area contributed by atoms with E-state index >= 15 is 0 Å². The molecule has 146 valence electrons. The van der Waals surface area contributed by atoms with Crippen molar-refractivity contribution in [2.75, 3.05) is 32.8 Å². The largest absolute Gasteiger partial charge is 0.371 e. The Kier molecular flexibility index (Phi) is 6.95. The first-order valence-electron chi connectivity index (χ1n) is 9.19. The van der Waals surface area contributed by atoms with E-state index in [4.69, 9.17) is 4.74 Å².